The Hall–Kier alpha value is -3.52. The Morgan fingerprint density at radius 2 is 1.96 bits per heavy atom. The summed E-state index contributed by atoms with van der Waals surface area (Å²) in [4.78, 5) is 38.9. The van der Waals surface area contributed by atoms with Gasteiger partial charge in [0.05, 0.1) is 21.7 Å². The first-order valence-electron chi connectivity index (χ1n) is 8.12. The number of carbonyl (C=O) groups excluding carboxylic acids is 2. The van der Waals surface area contributed by atoms with E-state index in [0.29, 0.717) is 16.5 Å². The van der Waals surface area contributed by atoms with E-state index in [1.807, 2.05) is 0 Å². The van der Waals surface area contributed by atoms with Crippen LogP contribution in [0.4, 0.5) is 11.4 Å². The summed E-state index contributed by atoms with van der Waals surface area (Å²) < 4.78 is 5.07. The van der Waals surface area contributed by atoms with Crippen LogP contribution >= 0.6 is 11.6 Å². The van der Waals surface area contributed by atoms with Crippen molar-refractivity contribution in [2.75, 3.05) is 11.9 Å². The maximum absolute atomic E-state index is 12.4. The zero-order chi connectivity index (χ0) is 20.3. The normalized spacial score (nSPS) is 10.5. The summed E-state index contributed by atoms with van der Waals surface area (Å²) in [6, 6.07) is 12.4. The number of halogens is 1. The fraction of sp³-hybridized carbons (Fsp3) is 0.105. The Morgan fingerprint density at radius 3 is 2.71 bits per heavy atom. The number of hydrogen-bond donors (Lipinski definition) is 1. The van der Waals surface area contributed by atoms with Crippen LogP contribution in [0, 0.1) is 17.0 Å². The van der Waals surface area contributed by atoms with E-state index < -0.39 is 23.4 Å². The number of carbonyl (C=O) groups is 2. The van der Waals surface area contributed by atoms with Gasteiger partial charge in [0.2, 0.25) is 0 Å². The number of nitrogens with one attached hydrogen (secondary N) is 1. The molecule has 3 aromatic rings. The van der Waals surface area contributed by atoms with Crippen molar-refractivity contribution in [2.45, 2.75) is 6.92 Å². The Morgan fingerprint density at radius 1 is 1.21 bits per heavy atom. The van der Waals surface area contributed by atoms with Crippen LogP contribution in [0.15, 0.2) is 48.5 Å². The highest BCUT2D eigenvalue weighted by atomic mass is 35.5. The van der Waals surface area contributed by atoms with Crippen molar-refractivity contribution in [1.82, 2.24) is 4.98 Å². The number of rotatable bonds is 5. The average Bonchev–Trinajstić information content (AvgIpc) is 2.67. The van der Waals surface area contributed by atoms with Crippen LogP contribution in [0.1, 0.15) is 15.9 Å². The molecule has 1 N–H and O–H groups in total. The van der Waals surface area contributed by atoms with E-state index in [4.69, 9.17) is 16.3 Å². The van der Waals surface area contributed by atoms with Crippen LogP contribution in [0.5, 0.6) is 0 Å². The largest absolute Gasteiger partial charge is 0.452 e. The summed E-state index contributed by atoms with van der Waals surface area (Å²) in [6.45, 7) is 1.13. The molecule has 0 unspecified atom stereocenters. The summed E-state index contributed by atoms with van der Waals surface area (Å²) in [5, 5.41) is 14.0. The number of aryl methyl sites for hydroxylation is 1. The van der Waals surface area contributed by atoms with Gasteiger partial charge < -0.3 is 10.1 Å². The van der Waals surface area contributed by atoms with Gasteiger partial charge in [0.15, 0.2) is 6.61 Å². The predicted molar refractivity (Wildman–Crippen MR) is 103 cm³/mol. The Bertz CT molecular complexity index is 1100. The molecule has 2 aromatic carbocycles. The fourth-order valence-electron chi connectivity index (χ4n) is 2.57. The molecule has 0 aliphatic heterocycles. The first-order valence-corrected chi connectivity index (χ1v) is 8.50. The smallest absolute Gasteiger partial charge is 0.339 e. The van der Waals surface area contributed by atoms with Crippen LogP contribution in [0.3, 0.4) is 0 Å². The highest BCUT2D eigenvalue weighted by molar-refractivity contribution is 6.30. The summed E-state index contributed by atoms with van der Waals surface area (Å²) in [6.07, 6.45) is 0. The molecule has 0 bridgehead atoms. The molecule has 142 valence electrons. The number of pyridine rings is 1. The number of amides is 1. The van der Waals surface area contributed by atoms with Crippen LogP contribution < -0.4 is 5.32 Å². The van der Waals surface area contributed by atoms with Crippen molar-refractivity contribution in [2.24, 2.45) is 0 Å². The van der Waals surface area contributed by atoms with Gasteiger partial charge in [0.25, 0.3) is 11.6 Å². The standard InChI is InChI=1S/C19H14ClN3O5/c1-11-6-7-12(23(26)27)8-16(11)22-18(24)10-28-19(25)14-9-17(20)21-15-5-3-2-4-13(14)15/h2-9H,10H2,1H3,(H,22,24). The maximum atomic E-state index is 12.4. The number of nitro benzene ring substituents is 1. The molecular formula is C19H14ClN3O5. The second-order valence-corrected chi connectivity index (χ2v) is 6.28. The molecule has 0 atom stereocenters. The number of ether oxygens (including phenoxy) is 1. The van der Waals surface area contributed by atoms with Gasteiger partial charge in [-0.15, -0.1) is 0 Å². The fourth-order valence-corrected chi connectivity index (χ4v) is 2.77. The third kappa shape index (κ3) is 4.24. The van der Waals surface area contributed by atoms with Crippen LogP contribution in [0.2, 0.25) is 5.15 Å². The molecule has 28 heavy (non-hydrogen) atoms. The molecule has 8 nitrogen and oxygen atoms in total. The number of aromatic nitrogens is 1. The van der Waals surface area contributed by atoms with Crippen molar-refractivity contribution in [3.63, 3.8) is 0 Å². The van der Waals surface area contributed by atoms with Gasteiger partial charge in [0, 0.05) is 17.5 Å². The van der Waals surface area contributed by atoms with Gasteiger partial charge in [-0.25, -0.2) is 9.78 Å². The molecule has 0 saturated heterocycles. The molecule has 0 fully saturated rings. The molecule has 0 aliphatic carbocycles. The van der Waals surface area contributed by atoms with Crippen molar-refractivity contribution >= 4 is 45.8 Å². The molecule has 1 aromatic heterocycles. The molecule has 0 spiro atoms. The number of anilines is 1. The zero-order valence-corrected chi connectivity index (χ0v) is 15.4. The van der Waals surface area contributed by atoms with Crippen molar-refractivity contribution < 1.29 is 19.2 Å². The highest BCUT2D eigenvalue weighted by Gasteiger charge is 2.16. The summed E-state index contributed by atoms with van der Waals surface area (Å²) in [5.74, 6) is -1.35. The number of para-hydroxylation sites is 1. The lowest BCUT2D eigenvalue weighted by molar-refractivity contribution is -0.384. The minimum atomic E-state index is -0.730. The molecule has 1 amide bonds. The maximum Gasteiger partial charge on any atom is 0.339 e. The third-order valence-corrected chi connectivity index (χ3v) is 4.14. The second-order valence-electron chi connectivity index (χ2n) is 5.89. The lowest BCUT2D eigenvalue weighted by Gasteiger charge is -2.10. The highest BCUT2D eigenvalue weighted by Crippen LogP contribution is 2.23. The number of nitrogens with zero attached hydrogens (tertiary/aromatic N) is 2. The summed E-state index contributed by atoms with van der Waals surface area (Å²) in [5.41, 5.74) is 1.47. The lowest BCUT2D eigenvalue weighted by atomic mass is 10.1. The second kappa shape index (κ2) is 8.01. The Balaban J connectivity index is 1.71. The summed E-state index contributed by atoms with van der Waals surface area (Å²) >= 11 is 5.94. The number of hydrogen-bond acceptors (Lipinski definition) is 6. The number of fused-ring (bicyclic) bond motifs is 1. The van der Waals surface area contributed by atoms with Gasteiger partial charge in [-0.3, -0.25) is 14.9 Å². The average molecular weight is 400 g/mol. The quantitative estimate of drug-likeness (QED) is 0.301. The summed E-state index contributed by atoms with van der Waals surface area (Å²) in [7, 11) is 0. The van der Waals surface area contributed by atoms with Crippen LogP contribution in [0.25, 0.3) is 10.9 Å². The molecule has 0 aliphatic rings. The number of esters is 1. The first-order chi connectivity index (χ1) is 13.3. The predicted octanol–water partition coefficient (Wildman–Crippen LogP) is 3.90. The van der Waals surface area contributed by atoms with Gasteiger partial charge in [-0.05, 0) is 24.6 Å². The van der Waals surface area contributed by atoms with E-state index in [-0.39, 0.29) is 22.1 Å². The third-order valence-electron chi connectivity index (χ3n) is 3.95. The number of benzene rings is 2. The van der Waals surface area contributed by atoms with Crippen LogP contribution in [-0.2, 0) is 9.53 Å². The van der Waals surface area contributed by atoms with Gasteiger partial charge in [0.1, 0.15) is 5.15 Å². The SMILES string of the molecule is Cc1ccc([N+](=O)[O-])cc1NC(=O)COC(=O)c1cc(Cl)nc2ccccc12. The van der Waals surface area contributed by atoms with Gasteiger partial charge in [-0.2, -0.15) is 0 Å². The minimum absolute atomic E-state index is 0.127. The Kier molecular flexibility index (Phi) is 5.51. The Labute approximate surface area is 164 Å². The molecule has 0 saturated carbocycles. The van der Waals surface area contributed by atoms with E-state index in [9.17, 15) is 19.7 Å². The number of nitro groups is 1. The van der Waals surface area contributed by atoms with E-state index >= 15 is 0 Å². The first kappa shape index (κ1) is 19.2. The molecule has 0 radical (unpaired) electrons. The minimum Gasteiger partial charge on any atom is -0.452 e. The molecular weight excluding hydrogens is 386 g/mol. The van der Waals surface area contributed by atoms with E-state index in [2.05, 4.69) is 10.3 Å². The molecule has 3 rings (SSSR count). The number of non-ortho nitro benzene ring substituents is 1. The van der Waals surface area contributed by atoms with Crippen molar-refractivity contribution in [3.8, 4) is 0 Å². The molecule has 1 heterocycles. The van der Waals surface area contributed by atoms with E-state index in [1.54, 1.807) is 31.2 Å². The van der Waals surface area contributed by atoms with Crippen LogP contribution in [-0.4, -0.2) is 28.4 Å². The van der Waals surface area contributed by atoms with Gasteiger partial charge >= 0.3 is 5.97 Å². The van der Waals surface area contributed by atoms with Gasteiger partial charge in [-0.1, -0.05) is 35.9 Å². The molecule has 9 heteroatoms. The van der Waals surface area contributed by atoms with Crippen molar-refractivity contribution in [3.05, 3.63) is 74.9 Å². The van der Waals surface area contributed by atoms with E-state index in [1.165, 1.54) is 24.3 Å². The van der Waals surface area contributed by atoms with E-state index in [0.717, 1.165) is 0 Å². The monoisotopic (exact) mass is 399 g/mol. The lowest BCUT2D eigenvalue weighted by Crippen LogP contribution is -2.21. The zero-order valence-electron chi connectivity index (χ0n) is 14.6. The van der Waals surface area contributed by atoms with Crippen molar-refractivity contribution in [1.29, 1.82) is 0 Å². The topological polar surface area (TPSA) is 111 Å².